The molecule has 0 saturated carbocycles. The number of carbonyl (C=O) groups excluding carboxylic acids is 1. The molecular weight excluding hydrogens is 190 g/mol. The summed E-state index contributed by atoms with van der Waals surface area (Å²) in [6.45, 7) is 0. The average molecular weight is 201 g/mol. The fraction of sp³-hybridized carbons (Fsp3) is 0.182. The Hall–Kier alpha value is -1.97. The summed E-state index contributed by atoms with van der Waals surface area (Å²) in [5.41, 5.74) is 0.991. The molecule has 1 heterocycles. The molecule has 0 unspecified atom stereocenters. The minimum Gasteiger partial charge on any atom is -0.290 e. The van der Waals surface area contributed by atoms with Gasteiger partial charge in [0.15, 0.2) is 5.82 Å². The first-order chi connectivity index (χ1) is 7.27. The van der Waals surface area contributed by atoms with E-state index in [0.717, 1.165) is 5.56 Å². The molecule has 0 aliphatic carbocycles. The molecule has 2 rings (SSSR count). The Morgan fingerprint density at radius 2 is 2.07 bits per heavy atom. The molecule has 0 fully saturated rings. The van der Waals surface area contributed by atoms with Crippen LogP contribution < -0.4 is 0 Å². The van der Waals surface area contributed by atoms with Crippen LogP contribution in [-0.2, 0) is 13.5 Å². The number of aromatic nitrogens is 3. The van der Waals surface area contributed by atoms with Crippen molar-refractivity contribution in [2.75, 3.05) is 0 Å². The summed E-state index contributed by atoms with van der Waals surface area (Å²) in [5, 5.41) is 3.86. The Labute approximate surface area is 87.6 Å². The second-order valence-electron chi connectivity index (χ2n) is 3.29. The summed E-state index contributed by atoms with van der Waals surface area (Å²) in [7, 11) is 1.71. The maximum Gasteiger partial charge on any atom is 0.204 e. The summed E-state index contributed by atoms with van der Waals surface area (Å²) < 4.78 is 1.49. The molecule has 4 nitrogen and oxygen atoms in total. The van der Waals surface area contributed by atoms with Crippen LogP contribution in [-0.4, -0.2) is 20.5 Å². The van der Waals surface area contributed by atoms with Crippen molar-refractivity contribution in [2.45, 2.75) is 6.42 Å². The van der Waals surface area contributed by atoms with E-state index in [1.54, 1.807) is 7.05 Å². The van der Waals surface area contributed by atoms with Gasteiger partial charge in [0.25, 0.3) is 0 Å². The average Bonchev–Trinajstić information content (AvgIpc) is 2.66. The van der Waals surface area contributed by atoms with Crippen LogP contribution in [0.1, 0.15) is 16.2 Å². The van der Waals surface area contributed by atoms with E-state index in [1.807, 2.05) is 30.3 Å². The Balaban J connectivity index is 2.15. The van der Waals surface area contributed by atoms with E-state index >= 15 is 0 Å². The molecule has 2 aromatic rings. The topological polar surface area (TPSA) is 47.8 Å². The van der Waals surface area contributed by atoms with E-state index < -0.39 is 0 Å². The monoisotopic (exact) mass is 201 g/mol. The molecule has 0 saturated heterocycles. The number of rotatable bonds is 3. The normalized spacial score (nSPS) is 10.2. The van der Waals surface area contributed by atoms with E-state index in [0.29, 0.717) is 12.2 Å². The molecule has 4 heteroatoms. The zero-order valence-corrected chi connectivity index (χ0v) is 8.42. The van der Waals surface area contributed by atoms with Gasteiger partial charge >= 0.3 is 0 Å². The van der Waals surface area contributed by atoms with Gasteiger partial charge in [-0.3, -0.25) is 4.79 Å². The van der Waals surface area contributed by atoms with Crippen molar-refractivity contribution in [1.29, 1.82) is 0 Å². The molecule has 0 atom stereocenters. The first kappa shape index (κ1) is 9.58. The fourth-order valence-electron chi connectivity index (χ4n) is 1.41. The first-order valence-corrected chi connectivity index (χ1v) is 4.68. The number of aryl methyl sites for hydroxylation is 1. The summed E-state index contributed by atoms with van der Waals surface area (Å²) in [6.07, 6.45) is 1.76. The van der Waals surface area contributed by atoms with Crippen LogP contribution in [0.3, 0.4) is 0 Å². The van der Waals surface area contributed by atoms with Crippen molar-refractivity contribution in [1.82, 2.24) is 14.8 Å². The van der Waals surface area contributed by atoms with E-state index in [1.165, 1.54) is 11.0 Å². The third-order valence-electron chi connectivity index (χ3n) is 2.17. The van der Waals surface area contributed by atoms with Crippen molar-refractivity contribution >= 4 is 5.78 Å². The number of carbonyl (C=O) groups is 1. The molecule has 0 spiro atoms. The Morgan fingerprint density at radius 1 is 1.33 bits per heavy atom. The zero-order valence-electron chi connectivity index (χ0n) is 8.42. The van der Waals surface area contributed by atoms with E-state index in [2.05, 4.69) is 10.1 Å². The maximum atomic E-state index is 11.8. The predicted octanol–water partition coefficient (Wildman–Crippen LogP) is 1.24. The number of ketones is 1. The lowest BCUT2D eigenvalue weighted by Crippen LogP contribution is -2.11. The lowest BCUT2D eigenvalue weighted by Gasteiger charge is -1.99. The Kier molecular flexibility index (Phi) is 2.58. The highest BCUT2D eigenvalue weighted by Crippen LogP contribution is 2.04. The fourth-order valence-corrected chi connectivity index (χ4v) is 1.41. The summed E-state index contributed by atoms with van der Waals surface area (Å²) >= 11 is 0. The largest absolute Gasteiger partial charge is 0.290 e. The lowest BCUT2D eigenvalue weighted by atomic mass is 10.1. The van der Waals surface area contributed by atoms with Crippen LogP contribution in [0, 0.1) is 0 Å². The molecule has 0 bridgehead atoms. The molecule has 0 aliphatic heterocycles. The van der Waals surface area contributed by atoms with Crippen LogP contribution in [0.2, 0.25) is 0 Å². The van der Waals surface area contributed by atoms with Gasteiger partial charge in [0.2, 0.25) is 5.78 Å². The van der Waals surface area contributed by atoms with Gasteiger partial charge in [-0.2, -0.15) is 5.10 Å². The molecule has 15 heavy (non-hydrogen) atoms. The van der Waals surface area contributed by atoms with Crippen molar-refractivity contribution < 1.29 is 4.79 Å². The highest BCUT2D eigenvalue weighted by atomic mass is 16.1. The van der Waals surface area contributed by atoms with E-state index in [-0.39, 0.29) is 5.78 Å². The van der Waals surface area contributed by atoms with Gasteiger partial charge in [0.1, 0.15) is 6.33 Å². The first-order valence-electron chi connectivity index (χ1n) is 4.68. The second kappa shape index (κ2) is 4.04. The van der Waals surface area contributed by atoms with Crippen molar-refractivity contribution in [2.24, 2.45) is 7.05 Å². The third-order valence-corrected chi connectivity index (χ3v) is 2.17. The third kappa shape index (κ3) is 2.10. The smallest absolute Gasteiger partial charge is 0.204 e. The second-order valence-corrected chi connectivity index (χ2v) is 3.29. The minimum absolute atomic E-state index is 0.0128. The lowest BCUT2D eigenvalue weighted by molar-refractivity contribution is 0.0979. The van der Waals surface area contributed by atoms with Gasteiger partial charge in [-0.1, -0.05) is 30.3 Å². The number of nitrogens with zero attached hydrogens (tertiary/aromatic N) is 3. The van der Waals surface area contributed by atoms with Gasteiger partial charge in [0.05, 0.1) is 0 Å². The molecule has 0 radical (unpaired) electrons. The van der Waals surface area contributed by atoms with Gasteiger partial charge in [-0.05, 0) is 5.56 Å². The van der Waals surface area contributed by atoms with Crippen LogP contribution in [0.15, 0.2) is 36.7 Å². The van der Waals surface area contributed by atoms with Crippen LogP contribution in [0.5, 0.6) is 0 Å². The van der Waals surface area contributed by atoms with Gasteiger partial charge in [0, 0.05) is 13.5 Å². The van der Waals surface area contributed by atoms with E-state index in [9.17, 15) is 4.79 Å². The number of benzene rings is 1. The van der Waals surface area contributed by atoms with Crippen LogP contribution in [0.4, 0.5) is 0 Å². The molecule has 1 aromatic carbocycles. The highest BCUT2D eigenvalue weighted by Gasteiger charge is 2.11. The van der Waals surface area contributed by atoms with Crippen LogP contribution >= 0.6 is 0 Å². The van der Waals surface area contributed by atoms with Crippen molar-refractivity contribution in [3.05, 3.63) is 48.0 Å². The summed E-state index contributed by atoms with van der Waals surface area (Å²) in [6, 6.07) is 9.61. The number of hydrogen-bond acceptors (Lipinski definition) is 3. The van der Waals surface area contributed by atoms with Gasteiger partial charge in [-0.15, -0.1) is 0 Å². The Morgan fingerprint density at radius 3 is 2.67 bits per heavy atom. The Bertz CT molecular complexity index is 462. The van der Waals surface area contributed by atoms with Crippen molar-refractivity contribution in [3.8, 4) is 0 Å². The summed E-state index contributed by atoms with van der Waals surface area (Å²) in [4.78, 5) is 15.7. The standard InChI is InChI=1S/C11H11N3O/c1-14-11(12-8-13-14)10(15)7-9-5-3-2-4-6-9/h2-6,8H,7H2,1H3. The quantitative estimate of drug-likeness (QED) is 0.702. The molecule has 0 aliphatic rings. The number of Topliss-reactive ketones (excluding diaryl/α,β-unsaturated/α-hetero) is 1. The molecular formula is C11H11N3O. The number of hydrogen-bond donors (Lipinski definition) is 0. The minimum atomic E-state index is -0.0128. The molecule has 76 valence electrons. The predicted molar refractivity (Wildman–Crippen MR) is 55.5 cm³/mol. The summed E-state index contributed by atoms with van der Waals surface area (Å²) in [5.74, 6) is 0.389. The maximum absolute atomic E-state index is 11.8. The molecule has 1 aromatic heterocycles. The van der Waals surface area contributed by atoms with Crippen molar-refractivity contribution in [3.63, 3.8) is 0 Å². The van der Waals surface area contributed by atoms with E-state index in [4.69, 9.17) is 0 Å². The van der Waals surface area contributed by atoms with Gasteiger partial charge < -0.3 is 0 Å². The highest BCUT2D eigenvalue weighted by molar-refractivity contribution is 5.94. The SMILES string of the molecule is Cn1ncnc1C(=O)Cc1ccccc1. The molecule has 0 N–H and O–H groups in total. The molecule has 0 amide bonds. The van der Waals surface area contributed by atoms with Gasteiger partial charge in [-0.25, -0.2) is 9.67 Å². The van der Waals surface area contributed by atoms with Crippen LogP contribution in [0.25, 0.3) is 0 Å². The zero-order chi connectivity index (χ0) is 10.7.